The van der Waals surface area contributed by atoms with Crippen LogP contribution in [0.4, 0.5) is 0 Å². The number of sulfonamides is 1. The summed E-state index contributed by atoms with van der Waals surface area (Å²) in [4.78, 5) is 7.12. The summed E-state index contributed by atoms with van der Waals surface area (Å²) in [6.07, 6.45) is 3.02. The van der Waals surface area contributed by atoms with Gasteiger partial charge in [0, 0.05) is 18.4 Å². The zero-order chi connectivity index (χ0) is 14.8. The van der Waals surface area contributed by atoms with E-state index in [0.29, 0.717) is 18.2 Å². The Hall–Kier alpha value is -1.64. The summed E-state index contributed by atoms with van der Waals surface area (Å²) in [5, 5.41) is 2.95. The number of H-pyrrole nitrogens is 1. The molecule has 0 aromatic carbocycles. The second-order valence-electron chi connectivity index (χ2n) is 4.54. The van der Waals surface area contributed by atoms with Gasteiger partial charge in [0.25, 0.3) is 0 Å². The van der Waals surface area contributed by atoms with E-state index in [2.05, 4.69) is 20.0 Å². The minimum atomic E-state index is -3.60. The van der Waals surface area contributed by atoms with Crippen LogP contribution in [-0.2, 0) is 16.6 Å². The summed E-state index contributed by atoms with van der Waals surface area (Å²) in [6.45, 7) is 4.02. The molecule has 3 N–H and O–H groups in total. The fourth-order valence-corrected chi connectivity index (χ4v) is 3.00. The Morgan fingerprint density at radius 3 is 2.85 bits per heavy atom. The van der Waals surface area contributed by atoms with Gasteiger partial charge in [-0.15, -0.1) is 0 Å². The van der Waals surface area contributed by atoms with Gasteiger partial charge in [0.05, 0.1) is 17.1 Å². The molecule has 7 nitrogen and oxygen atoms in total. The molecule has 110 valence electrons. The molecule has 0 saturated heterocycles. The van der Waals surface area contributed by atoms with Crippen LogP contribution in [0, 0.1) is 6.92 Å². The Balaban J connectivity index is 2.13. The zero-order valence-electron chi connectivity index (χ0n) is 11.6. The van der Waals surface area contributed by atoms with Crippen LogP contribution in [-0.4, -0.2) is 25.4 Å². The van der Waals surface area contributed by atoms with Crippen molar-refractivity contribution in [2.75, 3.05) is 7.05 Å². The normalized spacial score (nSPS) is 13.6. The fourth-order valence-electron chi connectivity index (χ4n) is 1.79. The van der Waals surface area contributed by atoms with Crippen molar-refractivity contribution in [1.82, 2.24) is 20.0 Å². The summed E-state index contributed by atoms with van der Waals surface area (Å²) >= 11 is 0. The van der Waals surface area contributed by atoms with Gasteiger partial charge >= 0.3 is 0 Å². The summed E-state index contributed by atoms with van der Waals surface area (Å²) in [5.41, 5.74) is 0.799. The Morgan fingerprint density at radius 2 is 2.25 bits per heavy atom. The van der Waals surface area contributed by atoms with Crippen LogP contribution in [0.5, 0.6) is 0 Å². The van der Waals surface area contributed by atoms with Crippen molar-refractivity contribution in [1.29, 1.82) is 0 Å². The van der Waals surface area contributed by atoms with E-state index in [-0.39, 0.29) is 4.90 Å². The zero-order valence-corrected chi connectivity index (χ0v) is 12.4. The topological polar surface area (TPSA) is 100 Å². The van der Waals surface area contributed by atoms with Gasteiger partial charge in [-0.3, -0.25) is 0 Å². The monoisotopic (exact) mass is 298 g/mol. The molecule has 2 rings (SSSR count). The Bertz CT molecular complexity index is 674. The summed E-state index contributed by atoms with van der Waals surface area (Å²) in [7, 11) is -1.81. The Labute approximate surface area is 117 Å². The van der Waals surface area contributed by atoms with Crippen LogP contribution in [0.3, 0.4) is 0 Å². The van der Waals surface area contributed by atoms with Gasteiger partial charge in [0.1, 0.15) is 5.76 Å². The van der Waals surface area contributed by atoms with Gasteiger partial charge in [-0.25, -0.2) is 13.4 Å². The van der Waals surface area contributed by atoms with E-state index in [9.17, 15) is 8.42 Å². The molecule has 0 bridgehead atoms. The number of aromatic amines is 1. The molecule has 1 unspecified atom stereocenters. The molecule has 0 spiro atoms. The molecule has 0 radical (unpaired) electrons. The molecule has 1 atom stereocenters. The van der Waals surface area contributed by atoms with Crippen molar-refractivity contribution in [3.63, 3.8) is 0 Å². The lowest BCUT2D eigenvalue weighted by molar-refractivity contribution is 0.428. The second-order valence-corrected chi connectivity index (χ2v) is 6.26. The predicted molar refractivity (Wildman–Crippen MR) is 73.5 cm³/mol. The van der Waals surface area contributed by atoms with Crippen LogP contribution in [0.25, 0.3) is 0 Å². The quantitative estimate of drug-likeness (QED) is 0.740. The average molecular weight is 298 g/mol. The highest BCUT2D eigenvalue weighted by Crippen LogP contribution is 2.17. The fraction of sp³-hybridized carbons (Fsp3) is 0.417. The van der Waals surface area contributed by atoms with E-state index in [1.165, 1.54) is 6.20 Å². The van der Waals surface area contributed by atoms with Gasteiger partial charge in [-0.2, -0.15) is 4.72 Å². The lowest BCUT2D eigenvalue weighted by Crippen LogP contribution is -2.26. The van der Waals surface area contributed by atoms with E-state index >= 15 is 0 Å². The molecular weight excluding hydrogens is 280 g/mol. The number of rotatable bonds is 6. The molecule has 0 saturated carbocycles. The molecule has 8 heteroatoms. The van der Waals surface area contributed by atoms with Crippen molar-refractivity contribution < 1.29 is 12.8 Å². The minimum Gasteiger partial charge on any atom is -0.444 e. The highest BCUT2D eigenvalue weighted by atomic mass is 32.2. The lowest BCUT2D eigenvalue weighted by atomic mass is 10.4. The summed E-state index contributed by atoms with van der Waals surface area (Å²) in [5.74, 6) is 0.987. The van der Waals surface area contributed by atoms with Crippen molar-refractivity contribution in [2.24, 2.45) is 0 Å². The van der Waals surface area contributed by atoms with Crippen molar-refractivity contribution >= 4 is 10.0 Å². The number of aryl methyl sites for hydroxylation is 1. The number of hydrogen-bond donors (Lipinski definition) is 3. The van der Waals surface area contributed by atoms with E-state index in [0.717, 1.165) is 5.69 Å². The first-order chi connectivity index (χ1) is 9.42. The number of aromatic nitrogens is 2. The largest absolute Gasteiger partial charge is 0.444 e. The molecule has 2 aromatic rings. The lowest BCUT2D eigenvalue weighted by Gasteiger charge is -2.09. The Kier molecular flexibility index (Phi) is 4.26. The maximum absolute atomic E-state index is 12.2. The Morgan fingerprint density at radius 1 is 1.50 bits per heavy atom. The van der Waals surface area contributed by atoms with Crippen molar-refractivity contribution in [2.45, 2.75) is 31.3 Å². The van der Waals surface area contributed by atoms with E-state index in [1.807, 2.05) is 0 Å². The van der Waals surface area contributed by atoms with Crippen LogP contribution in [0.15, 0.2) is 27.8 Å². The average Bonchev–Trinajstić information content (AvgIpc) is 2.98. The molecule has 0 aliphatic carbocycles. The van der Waals surface area contributed by atoms with E-state index < -0.39 is 16.1 Å². The number of oxazole rings is 1. The number of nitrogens with zero attached hydrogens (tertiary/aromatic N) is 1. The second kappa shape index (κ2) is 5.78. The molecular formula is C12H18N4O3S. The maximum atomic E-state index is 12.2. The standard InChI is InChI=1S/C12H18N4O3S/c1-8-5-15-12(19-8)9(2)16-20(17,18)11-4-10(6-13-3)14-7-11/h4-5,7,9,13-14,16H,6H2,1-3H3. The van der Waals surface area contributed by atoms with Crippen LogP contribution < -0.4 is 10.0 Å². The minimum absolute atomic E-state index is 0.192. The molecule has 2 heterocycles. The smallest absolute Gasteiger partial charge is 0.242 e. The van der Waals surface area contributed by atoms with Crippen molar-refractivity contribution in [3.05, 3.63) is 35.8 Å². The molecule has 0 aliphatic heterocycles. The summed E-state index contributed by atoms with van der Waals surface area (Å²) < 4.78 is 32.3. The molecule has 0 aliphatic rings. The summed E-state index contributed by atoms with van der Waals surface area (Å²) in [6, 6.07) is 1.06. The first-order valence-electron chi connectivity index (χ1n) is 6.19. The van der Waals surface area contributed by atoms with Crippen LogP contribution in [0.2, 0.25) is 0 Å². The third-order valence-corrected chi connectivity index (χ3v) is 4.26. The third-order valence-electron chi connectivity index (χ3n) is 2.74. The SMILES string of the molecule is CNCc1cc(S(=O)(=O)NC(C)c2ncc(C)o2)c[nH]1. The number of hydrogen-bond acceptors (Lipinski definition) is 5. The highest BCUT2D eigenvalue weighted by molar-refractivity contribution is 7.89. The van der Waals surface area contributed by atoms with Gasteiger partial charge < -0.3 is 14.7 Å². The molecule has 20 heavy (non-hydrogen) atoms. The first-order valence-corrected chi connectivity index (χ1v) is 7.67. The van der Waals surface area contributed by atoms with Gasteiger partial charge in [-0.05, 0) is 27.0 Å². The number of nitrogens with one attached hydrogen (secondary N) is 3. The predicted octanol–water partition coefficient (Wildman–Crippen LogP) is 1.07. The van der Waals surface area contributed by atoms with Gasteiger partial charge in [0.2, 0.25) is 15.9 Å². The van der Waals surface area contributed by atoms with Crippen molar-refractivity contribution in [3.8, 4) is 0 Å². The van der Waals surface area contributed by atoms with Crippen LogP contribution in [0.1, 0.15) is 30.3 Å². The maximum Gasteiger partial charge on any atom is 0.242 e. The first kappa shape index (κ1) is 14.8. The highest BCUT2D eigenvalue weighted by Gasteiger charge is 2.22. The molecule has 0 fully saturated rings. The molecule has 0 amide bonds. The third kappa shape index (κ3) is 3.27. The molecule has 2 aromatic heterocycles. The van der Waals surface area contributed by atoms with Gasteiger partial charge in [-0.1, -0.05) is 0 Å². The van der Waals surface area contributed by atoms with Gasteiger partial charge in [0.15, 0.2) is 0 Å². The van der Waals surface area contributed by atoms with E-state index in [1.54, 1.807) is 33.2 Å². The van der Waals surface area contributed by atoms with E-state index in [4.69, 9.17) is 4.42 Å². The van der Waals surface area contributed by atoms with Crippen LogP contribution >= 0.6 is 0 Å².